The van der Waals surface area contributed by atoms with Gasteiger partial charge in [-0.05, 0) is 6.42 Å². The number of rotatable bonds is 26. The molecule has 0 fully saturated rings. The van der Waals surface area contributed by atoms with Crippen molar-refractivity contribution in [1.29, 1.82) is 0 Å². The Bertz CT molecular complexity index is 403. The van der Waals surface area contributed by atoms with Crippen molar-refractivity contribution in [3.63, 3.8) is 0 Å². The van der Waals surface area contributed by atoms with Gasteiger partial charge in [-0.2, -0.15) is 0 Å². The average molecular weight is 468 g/mol. The fourth-order valence-electron chi connectivity index (χ4n) is 4.59. The first kappa shape index (κ1) is 32.4. The largest absolute Gasteiger partial charge is 0.356 e. The number of unbranched alkanes of at least 4 members (excludes halogenated alkanes) is 20. The molecule has 0 atom stereocenters. The van der Waals surface area contributed by atoms with Crippen LogP contribution in [0.15, 0.2) is 0 Å². The first-order valence-electron chi connectivity index (χ1n) is 15.0. The SMILES string of the molecule is CCCCCCCCCCCCCCCCCCCCCCCC(=O)NCCC[N+](C)(C)C. The molecule has 0 aliphatic carbocycles. The van der Waals surface area contributed by atoms with Crippen molar-refractivity contribution in [2.45, 2.75) is 155 Å². The van der Waals surface area contributed by atoms with Gasteiger partial charge in [-0.25, -0.2) is 0 Å². The second-order valence-electron chi connectivity index (χ2n) is 11.5. The maximum Gasteiger partial charge on any atom is 0.219 e. The third kappa shape index (κ3) is 29.4. The quantitative estimate of drug-likeness (QED) is 0.0999. The minimum Gasteiger partial charge on any atom is -0.356 e. The predicted octanol–water partition coefficient (Wildman–Crippen LogP) is 8.80. The van der Waals surface area contributed by atoms with E-state index < -0.39 is 0 Å². The van der Waals surface area contributed by atoms with Gasteiger partial charge in [-0.1, -0.05) is 135 Å². The molecule has 33 heavy (non-hydrogen) atoms. The molecule has 198 valence electrons. The molecule has 0 spiro atoms. The van der Waals surface area contributed by atoms with Crippen molar-refractivity contribution in [3.8, 4) is 0 Å². The van der Waals surface area contributed by atoms with Crippen LogP contribution in [0.4, 0.5) is 0 Å². The molecule has 0 aromatic rings. The highest BCUT2D eigenvalue weighted by molar-refractivity contribution is 5.75. The first-order chi connectivity index (χ1) is 16.0. The molecular formula is C30H63N2O+. The zero-order valence-corrected chi connectivity index (χ0v) is 23.5. The van der Waals surface area contributed by atoms with E-state index in [9.17, 15) is 4.79 Å². The summed E-state index contributed by atoms with van der Waals surface area (Å²) in [4.78, 5) is 11.9. The Kier molecular flexibility index (Phi) is 24.1. The summed E-state index contributed by atoms with van der Waals surface area (Å²) in [6.45, 7) is 4.23. The fraction of sp³-hybridized carbons (Fsp3) is 0.967. The van der Waals surface area contributed by atoms with Crippen molar-refractivity contribution in [1.82, 2.24) is 5.32 Å². The fourth-order valence-corrected chi connectivity index (χ4v) is 4.59. The van der Waals surface area contributed by atoms with Gasteiger partial charge in [0.25, 0.3) is 0 Å². The summed E-state index contributed by atoms with van der Waals surface area (Å²) in [7, 11) is 6.59. The van der Waals surface area contributed by atoms with Crippen molar-refractivity contribution in [2.75, 3.05) is 34.2 Å². The smallest absolute Gasteiger partial charge is 0.219 e. The molecule has 1 amide bonds. The van der Waals surface area contributed by atoms with Crippen LogP contribution in [-0.4, -0.2) is 44.6 Å². The third-order valence-electron chi connectivity index (χ3n) is 6.84. The molecule has 0 rings (SSSR count). The summed E-state index contributed by atoms with van der Waals surface area (Å²) < 4.78 is 0.968. The lowest BCUT2D eigenvalue weighted by atomic mass is 10.0. The minimum atomic E-state index is 0.245. The number of nitrogens with one attached hydrogen (secondary N) is 1. The molecule has 0 aromatic carbocycles. The molecule has 0 aliphatic rings. The monoisotopic (exact) mass is 467 g/mol. The topological polar surface area (TPSA) is 29.1 Å². The van der Waals surface area contributed by atoms with E-state index in [-0.39, 0.29) is 5.91 Å². The summed E-state index contributed by atoms with van der Waals surface area (Å²) in [5.41, 5.74) is 0. The van der Waals surface area contributed by atoms with Gasteiger partial charge in [0.15, 0.2) is 0 Å². The number of quaternary nitrogens is 1. The van der Waals surface area contributed by atoms with Crippen LogP contribution in [0.5, 0.6) is 0 Å². The Hall–Kier alpha value is -0.570. The number of nitrogens with zero attached hydrogens (tertiary/aromatic N) is 1. The van der Waals surface area contributed by atoms with E-state index in [1.165, 1.54) is 128 Å². The molecule has 3 heteroatoms. The second-order valence-corrected chi connectivity index (χ2v) is 11.5. The van der Waals surface area contributed by atoms with Gasteiger partial charge in [0, 0.05) is 19.4 Å². The van der Waals surface area contributed by atoms with Crippen LogP contribution in [0.1, 0.15) is 155 Å². The van der Waals surface area contributed by atoms with Crippen LogP contribution in [0.25, 0.3) is 0 Å². The number of hydrogen-bond donors (Lipinski definition) is 1. The van der Waals surface area contributed by atoms with E-state index in [0.717, 1.165) is 30.4 Å². The molecule has 0 bridgehead atoms. The zero-order chi connectivity index (χ0) is 24.5. The van der Waals surface area contributed by atoms with Gasteiger partial charge >= 0.3 is 0 Å². The summed E-state index contributed by atoms with van der Waals surface area (Å²) in [6.07, 6.45) is 31.2. The number of hydrogen-bond acceptors (Lipinski definition) is 1. The maximum absolute atomic E-state index is 11.9. The molecule has 0 saturated carbocycles. The van der Waals surface area contributed by atoms with Gasteiger partial charge in [0.1, 0.15) is 0 Å². The highest BCUT2D eigenvalue weighted by atomic mass is 16.1. The van der Waals surface area contributed by atoms with E-state index in [4.69, 9.17) is 0 Å². The Morgan fingerprint density at radius 1 is 0.515 bits per heavy atom. The third-order valence-corrected chi connectivity index (χ3v) is 6.84. The molecule has 0 unspecified atom stereocenters. The van der Waals surface area contributed by atoms with Crippen LogP contribution < -0.4 is 5.32 Å². The van der Waals surface area contributed by atoms with E-state index >= 15 is 0 Å². The molecule has 0 radical (unpaired) electrons. The standard InChI is InChI=1S/C30H62N2O/c1-5-6-7-8-9-10-11-12-13-14-15-16-17-18-19-20-21-22-23-24-25-27-30(33)31-28-26-29-32(2,3)4/h5-29H2,1-4H3/p+1. The van der Waals surface area contributed by atoms with Gasteiger partial charge in [0.05, 0.1) is 27.7 Å². The van der Waals surface area contributed by atoms with Crippen LogP contribution in [-0.2, 0) is 4.79 Å². The van der Waals surface area contributed by atoms with Gasteiger partial charge in [-0.3, -0.25) is 4.79 Å². The normalized spacial score (nSPS) is 11.8. The lowest BCUT2D eigenvalue weighted by molar-refractivity contribution is -0.870. The zero-order valence-electron chi connectivity index (χ0n) is 23.5. The van der Waals surface area contributed by atoms with Crippen molar-refractivity contribution in [2.24, 2.45) is 0 Å². The lowest BCUT2D eigenvalue weighted by Gasteiger charge is -2.23. The Labute approximate surface area is 209 Å². The molecule has 0 saturated heterocycles. The molecule has 0 aromatic heterocycles. The second kappa shape index (κ2) is 24.6. The molecule has 0 heterocycles. The highest BCUT2D eigenvalue weighted by Crippen LogP contribution is 2.15. The van der Waals surface area contributed by atoms with Crippen LogP contribution in [0.2, 0.25) is 0 Å². The van der Waals surface area contributed by atoms with E-state index in [0.29, 0.717) is 6.42 Å². The molecule has 1 N–H and O–H groups in total. The average Bonchev–Trinajstić information content (AvgIpc) is 2.77. The van der Waals surface area contributed by atoms with Gasteiger partial charge < -0.3 is 9.80 Å². The lowest BCUT2D eigenvalue weighted by Crippen LogP contribution is -2.37. The van der Waals surface area contributed by atoms with E-state index in [2.05, 4.69) is 33.4 Å². The predicted molar refractivity (Wildman–Crippen MR) is 148 cm³/mol. The van der Waals surface area contributed by atoms with Crippen LogP contribution in [0.3, 0.4) is 0 Å². The summed E-state index contributed by atoms with van der Waals surface area (Å²) >= 11 is 0. The number of carbonyl (C=O) groups is 1. The molecule has 0 aliphatic heterocycles. The van der Waals surface area contributed by atoms with Crippen molar-refractivity contribution >= 4 is 5.91 Å². The first-order valence-corrected chi connectivity index (χ1v) is 15.0. The Morgan fingerprint density at radius 3 is 1.18 bits per heavy atom. The summed E-state index contributed by atoms with van der Waals surface area (Å²) in [6, 6.07) is 0. The molecular weight excluding hydrogens is 404 g/mol. The number of amides is 1. The van der Waals surface area contributed by atoms with Gasteiger partial charge in [-0.15, -0.1) is 0 Å². The summed E-state index contributed by atoms with van der Waals surface area (Å²) in [5.74, 6) is 0.245. The Balaban J connectivity index is 3.13. The van der Waals surface area contributed by atoms with Crippen molar-refractivity contribution < 1.29 is 9.28 Å². The van der Waals surface area contributed by atoms with Crippen LogP contribution >= 0.6 is 0 Å². The van der Waals surface area contributed by atoms with E-state index in [1.807, 2.05) is 0 Å². The minimum absolute atomic E-state index is 0.245. The van der Waals surface area contributed by atoms with Gasteiger partial charge in [0.2, 0.25) is 5.91 Å². The highest BCUT2D eigenvalue weighted by Gasteiger charge is 2.06. The van der Waals surface area contributed by atoms with E-state index in [1.54, 1.807) is 0 Å². The summed E-state index contributed by atoms with van der Waals surface area (Å²) in [5, 5.41) is 3.07. The molecule has 3 nitrogen and oxygen atoms in total. The van der Waals surface area contributed by atoms with Crippen LogP contribution in [0, 0.1) is 0 Å². The maximum atomic E-state index is 11.9. The number of carbonyl (C=O) groups excluding carboxylic acids is 1. The van der Waals surface area contributed by atoms with Crippen molar-refractivity contribution in [3.05, 3.63) is 0 Å². The Morgan fingerprint density at radius 2 is 0.848 bits per heavy atom.